The molecule has 0 amide bonds. The Balaban J connectivity index is 3.70. The van der Waals surface area contributed by atoms with Gasteiger partial charge in [-0.15, -0.1) is 0 Å². The number of carboxylic acid groups (broad SMARTS) is 1. The fourth-order valence-corrected chi connectivity index (χ4v) is 0.971. The van der Waals surface area contributed by atoms with Gasteiger partial charge in [0.25, 0.3) is 0 Å². The van der Waals surface area contributed by atoms with Gasteiger partial charge in [-0.05, 0) is 38.8 Å². The number of nitrogens with one attached hydrogen (secondary N) is 1. The molecule has 0 aromatic carbocycles. The highest BCUT2D eigenvalue weighted by Crippen LogP contribution is 2.19. The second-order valence-electron chi connectivity index (χ2n) is 5.68. The van der Waals surface area contributed by atoms with E-state index < -0.39 is 11.4 Å². The van der Waals surface area contributed by atoms with Crippen LogP contribution in [-0.2, 0) is 4.79 Å². The van der Waals surface area contributed by atoms with E-state index in [1.807, 2.05) is 0 Å². The van der Waals surface area contributed by atoms with Gasteiger partial charge < -0.3 is 10.4 Å². The highest BCUT2D eigenvalue weighted by molar-refractivity contribution is 5.73. The monoisotopic (exact) mass is 201 g/mol. The topological polar surface area (TPSA) is 49.3 Å². The molecule has 3 nitrogen and oxygen atoms in total. The van der Waals surface area contributed by atoms with Crippen molar-refractivity contribution >= 4 is 5.97 Å². The summed E-state index contributed by atoms with van der Waals surface area (Å²) >= 11 is 0. The minimum absolute atomic E-state index is 0.257. The predicted molar refractivity (Wildman–Crippen MR) is 58.4 cm³/mol. The number of rotatable bonds is 5. The molecule has 2 N–H and O–H groups in total. The Hall–Kier alpha value is -0.570. The van der Waals surface area contributed by atoms with Crippen LogP contribution in [0.1, 0.15) is 41.0 Å². The van der Waals surface area contributed by atoms with Gasteiger partial charge in [-0.1, -0.05) is 20.8 Å². The second-order valence-corrected chi connectivity index (χ2v) is 5.68. The lowest BCUT2D eigenvalue weighted by Crippen LogP contribution is -2.32. The molecule has 0 unspecified atom stereocenters. The van der Waals surface area contributed by atoms with Gasteiger partial charge in [0.1, 0.15) is 0 Å². The van der Waals surface area contributed by atoms with Crippen molar-refractivity contribution in [1.82, 2.24) is 5.32 Å². The van der Waals surface area contributed by atoms with Crippen molar-refractivity contribution in [3.63, 3.8) is 0 Å². The summed E-state index contributed by atoms with van der Waals surface area (Å²) in [7, 11) is 0. The van der Waals surface area contributed by atoms with Crippen LogP contribution in [0.4, 0.5) is 0 Å². The zero-order valence-electron chi connectivity index (χ0n) is 9.98. The molecule has 0 saturated heterocycles. The standard InChI is InChI=1S/C11H23NO2/c1-10(2,3)8-12-7-6-11(4,5)9(13)14/h12H,6-8H2,1-5H3,(H,13,14). The van der Waals surface area contributed by atoms with E-state index in [1.54, 1.807) is 13.8 Å². The van der Waals surface area contributed by atoms with Crippen LogP contribution in [0.25, 0.3) is 0 Å². The average molecular weight is 201 g/mol. The molecule has 0 rings (SSSR count). The molecule has 0 atom stereocenters. The fourth-order valence-electron chi connectivity index (χ4n) is 0.971. The molecule has 0 saturated carbocycles. The van der Waals surface area contributed by atoms with E-state index in [4.69, 9.17) is 5.11 Å². The van der Waals surface area contributed by atoms with Crippen LogP contribution in [0.2, 0.25) is 0 Å². The minimum atomic E-state index is -0.727. The highest BCUT2D eigenvalue weighted by Gasteiger charge is 2.26. The molecule has 0 aliphatic carbocycles. The van der Waals surface area contributed by atoms with Gasteiger partial charge in [0.2, 0.25) is 0 Å². The molecule has 3 heteroatoms. The summed E-state index contributed by atoms with van der Waals surface area (Å²) in [5, 5.41) is 12.1. The van der Waals surface area contributed by atoms with Crippen molar-refractivity contribution in [2.45, 2.75) is 41.0 Å². The smallest absolute Gasteiger partial charge is 0.309 e. The van der Waals surface area contributed by atoms with Crippen molar-refractivity contribution in [1.29, 1.82) is 0 Å². The molecule has 0 bridgehead atoms. The van der Waals surface area contributed by atoms with Crippen molar-refractivity contribution in [3.05, 3.63) is 0 Å². The van der Waals surface area contributed by atoms with Crippen LogP contribution in [0.3, 0.4) is 0 Å². The molecule has 14 heavy (non-hydrogen) atoms. The van der Waals surface area contributed by atoms with Gasteiger partial charge in [-0.25, -0.2) is 0 Å². The van der Waals surface area contributed by atoms with Crippen LogP contribution >= 0.6 is 0 Å². The minimum Gasteiger partial charge on any atom is -0.481 e. The molecular formula is C11H23NO2. The van der Waals surface area contributed by atoms with Gasteiger partial charge in [-0.3, -0.25) is 4.79 Å². The largest absolute Gasteiger partial charge is 0.481 e. The maximum Gasteiger partial charge on any atom is 0.309 e. The summed E-state index contributed by atoms with van der Waals surface area (Å²) in [6.07, 6.45) is 0.665. The number of carbonyl (C=O) groups is 1. The first-order chi connectivity index (χ1) is 6.15. The predicted octanol–water partition coefficient (Wildman–Crippen LogP) is 2.12. The lowest BCUT2D eigenvalue weighted by atomic mass is 9.89. The maximum atomic E-state index is 10.8. The van der Waals surface area contributed by atoms with E-state index in [0.29, 0.717) is 6.42 Å². The first-order valence-corrected chi connectivity index (χ1v) is 5.09. The van der Waals surface area contributed by atoms with Crippen LogP contribution in [0.5, 0.6) is 0 Å². The first kappa shape index (κ1) is 13.4. The molecule has 0 aromatic rings. The highest BCUT2D eigenvalue weighted by atomic mass is 16.4. The van der Waals surface area contributed by atoms with E-state index >= 15 is 0 Å². The van der Waals surface area contributed by atoms with Crippen molar-refractivity contribution < 1.29 is 9.90 Å². The van der Waals surface area contributed by atoms with Gasteiger partial charge in [-0.2, -0.15) is 0 Å². The average Bonchev–Trinajstić information content (AvgIpc) is 1.96. The summed E-state index contributed by atoms with van der Waals surface area (Å²) in [6.45, 7) is 11.7. The third-order valence-corrected chi connectivity index (χ3v) is 2.16. The molecule has 0 fully saturated rings. The van der Waals surface area contributed by atoms with E-state index in [0.717, 1.165) is 13.1 Å². The Labute approximate surface area is 86.9 Å². The first-order valence-electron chi connectivity index (χ1n) is 5.09. The number of hydrogen-bond acceptors (Lipinski definition) is 2. The molecule has 84 valence electrons. The maximum absolute atomic E-state index is 10.8. The SMILES string of the molecule is CC(C)(C)CNCCC(C)(C)C(=O)O. The lowest BCUT2D eigenvalue weighted by molar-refractivity contribution is -0.147. The quantitative estimate of drug-likeness (QED) is 0.670. The van der Waals surface area contributed by atoms with E-state index in [9.17, 15) is 4.79 Å². The van der Waals surface area contributed by atoms with Gasteiger partial charge in [0.05, 0.1) is 5.41 Å². The van der Waals surface area contributed by atoms with Crippen molar-refractivity contribution in [2.75, 3.05) is 13.1 Å². The molecular weight excluding hydrogens is 178 g/mol. The Morgan fingerprint density at radius 1 is 1.21 bits per heavy atom. The molecule has 0 radical (unpaired) electrons. The summed E-state index contributed by atoms with van der Waals surface area (Å²) in [4.78, 5) is 10.8. The number of aliphatic carboxylic acids is 1. The summed E-state index contributed by atoms with van der Waals surface area (Å²) in [5.41, 5.74) is -0.363. The second kappa shape index (κ2) is 4.78. The molecule has 0 aromatic heterocycles. The normalized spacial score (nSPS) is 12.9. The molecule has 0 spiro atoms. The Morgan fingerprint density at radius 2 is 1.71 bits per heavy atom. The van der Waals surface area contributed by atoms with E-state index in [1.165, 1.54) is 0 Å². The van der Waals surface area contributed by atoms with Crippen molar-refractivity contribution in [3.8, 4) is 0 Å². The summed E-state index contributed by atoms with van der Waals surface area (Å²) < 4.78 is 0. The zero-order valence-corrected chi connectivity index (χ0v) is 9.98. The third-order valence-electron chi connectivity index (χ3n) is 2.16. The van der Waals surface area contributed by atoms with Crippen LogP contribution in [-0.4, -0.2) is 24.2 Å². The molecule has 0 aliphatic heterocycles. The zero-order chi connectivity index (χ0) is 11.4. The van der Waals surface area contributed by atoms with Crippen LogP contribution in [0.15, 0.2) is 0 Å². The summed E-state index contributed by atoms with van der Waals surface area (Å²) in [5.74, 6) is -0.727. The fraction of sp³-hybridized carbons (Fsp3) is 0.909. The van der Waals surface area contributed by atoms with Gasteiger partial charge >= 0.3 is 5.97 Å². The lowest BCUT2D eigenvalue weighted by Gasteiger charge is -2.22. The number of hydrogen-bond donors (Lipinski definition) is 2. The third kappa shape index (κ3) is 5.97. The van der Waals surface area contributed by atoms with E-state index in [-0.39, 0.29) is 5.41 Å². The van der Waals surface area contributed by atoms with Gasteiger partial charge in [0.15, 0.2) is 0 Å². The van der Waals surface area contributed by atoms with Gasteiger partial charge in [0, 0.05) is 0 Å². The van der Waals surface area contributed by atoms with Crippen molar-refractivity contribution in [2.24, 2.45) is 10.8 Å². The Bertz CT molecular complexity index is 192. The van der Waals surface area contributed by atoms with Crippen LogP contribution < -0.4 is 5.32 Å². The summed E-state index contributed by atoms with van der Waals surface area (Å²) in [6, 6.07) is 0. The van der Waals surface area contributed by atoms with Crippen LogP contribution in [0, 0.1) is 10.8 Å². The Morgan fingerprint density at radius 3 is 2.07 bits per heavy atom. The van der Waals surface area contributed by atoms with E-state index in [2.05, 4.69) is 26.1 Å². The molecule has 0 heterocycles. The Kier molecular flexibility index (Phi) is 4.59. The number of carboxylic acids is 1. The molecule has 0 aliphatic rings.